The topological polar surface area (TPSA) is 6.48 Å². The molecule has 1 aliphatic rings. The highest BCUT2D eigenvalue weighted by atomic mass is 15.4. The molecule has 0 aliphatic carbocycles. The summed E-state index contributed by atoms with van der Waals surface area (Å²) in [5.74, 6) is 0. The minimum absolute atomic E-state index is 0.634. The zero-order valence-electron chi connectivity index (χ0n) is 40.3. The van der Waals surface area contributed by atoms with Crippen LogP contribution < -0.4 is 0 Å². The summed E-state index contributed by atoms with van der Waals surface area (Å²) in [6.45, 7) is 9.50. The van der Waals surface area contributed by atoms with E-state index in [9.17, 15) is 0 Å². The largest absolute Gasteiger partial charge is 0.356 e. The zero-order chi connectivity index (χ0) is 40.8. The zero-order valence-corrected chi connectivity index (χ0v) is 40.3. The summed E-state index contributed by atoms with van der Waals surface area (Å²) < 4.78 is 0. The smallest absolute Gasteiger partial charge is 0.101 e. The Balaban J connectivity index is 2.18. The Kier molecular flexibility index (Phi) is 44.3. The van der Waals surface area contributed by atoms with E-state index in [0.29, 0.717) is 6.17 Å². The van der Waals surface area contributed by atoms with Gasteiger partial charge in [0, 0.05) is 25.5 Å². The molecule has 1 rings (SSSR count). The lowest BCUT2D eigenvalue weighted by Gasteiger charge is -2.33. The second kappa shape index (κ2) is 46.4. The lowest BCUT2D eigenvalue weighted by molar-refractivity contribution is 0.135. The van der Waals surface area contributed by atoms with Gasteiger partial charge in [0.15, 0.2) is 0 Å². The van der Waals surface area contributed by atoms with Gasteiger partial charge in [-0.15, -0.1) is 0 Å². The van der Waals surface area contributed by atoms with Crippen LogP contribution in [0.1, 0.15) is 323 Å². The van der Waals surface area contributed by atoms with E-state index in [4.69, 9.17) is 0 Å². The molecule has 1 unspecified atom stereocenters. The van der Waals surface area contributed by atoms with Crippen molar-refractivity contribution in [2.24, 2.45) is 0 Å². The van der Waals surface area contributed by atoms with Crippen LogP contribution in [-0.2, 0) is 0 Å². The minimum Gasteiger partial charge on any atom is -0.356 e. The summed E-state index contributed by atoms with van der Waals surface area (Å²) in [4.78, 5) is 5.49. The summed E-state index contributed by atoms with van der Waals surface area (Å²) >= 11 is 0. The molecule has 0 amide bonds. The Morgan fingerprint density at radius 2 is 0.404 bits per heavy atom. The fourth-order valence-electron chi connectivity index (χ4n) is 9.55. The number of hydrogen-bond donors (Lipinski definition) is 0. The van der Waals surface area contributed by atoms with Crippen molar-refractivity contribution in [3.8, 4) is 0 Å². The third-order valence-electron chi connectivity index (χ3n) is 13.6. The fourth-order valence-corrected chi connectivity index (χ4v) is 9.55. The van der Waals surface area contributed by atoms with Gasteiger partial charge >= 0.3 is 0 Å². The summed E-state index contributed by atoms with van der Waals surface area (Å²) in [7, 11) is 0. The molecule has 0 spiro atoms. The van der Waals surface area contributed by atoms with Gasteiger partial charge in [-0.2, -0.15) is 0 Å². The Morgan fingerprint density at radius 1 is 0.228 bits per heavy atom. The Bertz CT molecular complexity index is 762. The molecule has 0 bridgehead atoms. The van der Waals surface area contributed by atoms with Gasteiger partial charge in [-0.1, -0.05) is 297 Å². The van der Waals surface area contributed by atoms with Crippen molar-refractivity contribution < 1.29 is 0 Å². The quantitative estimate of drug-likeness (QED) is 0.0566. The van der Waals surface area contributed by atoms with Gasteiger partial charge in [0.25, 0.3) is 0 Å². The van der Waals surface area contributed by atoms with E-state index in [1.165, 1.54) is 315 Å². The number of hydrogen-bond acceptors (Lipinski definition) is 2. The van der Waals surface area contributed by atoms with Gasteiger partial charge in [0.2, 0.25) is 0 Å². The van der Waals surface area contributed by atoms with Crippen LogP contribution in [0.15, 0.2) is 12.4 Å². The lowest BCUT2D eigenvalue weighted by Crippen LogP contribution is -2.39. The maximum absolute atomic E-state index is 2.75. The standard InChI is InChI=1S/C55H110N2/c1-4-7-10-13-16-19-22-25-27-29-31-33-35-38-41-44-47-50-55-56(51-48-45-42-39-36-24-21-18-15-12-9-6-3)53-54-57(55)52-49-46-43-40-37-34-32-30-28-26-23-20-17-14-11-8-5-2/h53-55H,4-52H2,1-3H3. The first-order chi connectivity index (χ1) is 28.3. The van der Waals surface area contributed by atoms with Crippen molar-refractivity contribution in [1.29, 1.82) is 0 Å². The molecule has 0 aromatic carbocycles. The first kappa shape index (κ1) is 54.4. The van der Waals surface area contributed by atoms with E-state index < -0.39 is 0 Å². The predicted octanol–water partition coefficient (Wildman–Crippen LogP) is 19.8. The summed E-state index contributed by atoms with van der Waals surface area (Å²) in [5.41, 5.74) is 0. The average molecular weight is 799 g/mol. The molecule has 57 heavy (non-hydrogen) atoms. The molecule has 1 aliphatic heterocycles. The van der Waals surface area contributed by atoms with Crippen LogP contribution in [0.5, 0.6) is 0 Å². The number of unbranched alkanes of at least 4 members (excludes halogenated alkanes) is 43. The van der Waals surface area contributed by atoms with Crippen molar-refractivity contribution in [2.45, 2.75) is 329 Å². The van der Waals surface area contributed by atoms with Gasteiger partial charge in [0.05, 0.1) is 0 Å². The lowest BCUT2D eigenvalue weighted by atomic mass is 10.0. The normalized spacial score (nSPS) is 14.2. The van der Waals surface area contributed by atoms with Crippen molar-refractivity contribution >= 4 is 0 Å². The van der Waals surface area contributed by atoms with E-state index in [1.807, 2.05) is 0 Å². The summed E-state index contributed by atoms with van der Waals surface area (Å²) in [5, 5.41) is 0. The van der Waals surface area contributed by atoms with Crippen LogP contribution in [0.3, 0.4) is 0 Å². The van der Waals surface area contributed by atoms with Crippen molar-refractivity contribution in [3.63, 3.8) is 0 Å². The average Bonchev–Trinajstić information content (AvgIpc) is 3.61. The molecular weight excluding hydrogens is 689 g/mol. The van der Waals surface area contributed by atoms with Crippen LogP contribution in [-0.4, -0.2) is 29.1 Å². The third-order valence-corrected chi connectivity index (χ3v) is 13.6. The number of nitrogens with zero attached hydrogens (tertiary/aromatic N) is 2. The van der Waals surface area contributed by atoms with Gasteiger partial charge < -0.3 is 9.80 Å². The van der Waals surface area contributed by atoms with Gasteiger partial charge in [-0.25, -0.2) is 0 Å². The molecule has 0 aromatic rings. The molecule has 1 atom stereocenters. The second-order valence-corrected chi connectivity index (χ2v) is 19.2. The molecule has 0 saturated heterocycles. The molecular formula is C55H110N2. The van der Waals surface area contributed by atoms with Crippen LogP contribution in [0.25, 0.3) is 0 Å². The maximum Gasteiger partial charge on any atom is 0.101 e. The molecule has 0 saturated carbocycles. The Labute approximate surface area is 362 Å². The first-order valence-corrected chi connectivity index (χ1v) is 27.5. The Hall–Kier alpha value is -0.660. The monoisotopic (exact) mass is 799 g/mol. The van der Waals surface area contributed by atoms with E-state index in [1.54, 1.807) is 0 Å². The molecule has 0 N–H and O–H groups in total. The Morgan fingerprint density at radius 3 is 0.614 bits per heavy atom. The van der Waals surface area contributed by atoms with Crippen LogP contribution in [0.4, 0.5) is 0 Å². The van der Waals surface area contributed by atoms with E-state index in [0.717, 1.165) is 0 Å². The molecule has 0 aromatic heterocycles. The SMILES string of the molecule is CCCCCCCCCCCCCCCCCCCC1N(CCCCCCCCCCCCCC)C=CN1CCCCCCCCCCCCCCCCCCC. The van der Waals surface area contributed by atoms with Crippen LogP contribution in [0.2, 0.25) is 0 Å². The van der Waals surface area contributed by atoms with E-state index in [2.05, 4.69) is 43.0 Å². The minimum atomic E-state index is 0.634. The summed E-state index contributed by atoms with van der Waals surface area (Å²) in [6, 6.07) is 0. The third kappa shape index (κ3) is 38.0. The van der Waals surface area contributed by atoms with Crippen molar-refractivity contribution in [2.75, 3.05) is 13.1 Å². The molecule has 0 fully saturated rings. The highest BCUT2D eigenvalue weighted by molar-refractivity contribution is 4.97. The van der Waals surface area contributed by atoms with Crippen molar-refractivity contribution in [3.05, 3.63) is 12.4 Å². The van der Waals surface area contributed by atoms with E-state index >= 15 is 0 Å². The molecule has 0 radical (unpaired) electrons. The maximum atomic E-state index is 2.75. The molecule has 1 heterocycles. The predicted molar refractivity (Wildman–Crippen MR) is 260 cm³/mol. The van der Waals surface area contributed by atoms with Crippen LogP contribution in [0, 0.1) is 0 Å². The molecule has 2 heteroatoms. The highest BCUT2D eigenvalue weighted by Crippen LogP contribution is 2.24. The van der Waals surface area contributed by atoms with Gasteiger partial charge in [-0.05, 0) is 25.7 Å². The highest BCUT2D eigenvalue weighted by Gasteiger charge is 2.25. The molecule has 340 valence electrons. The summed E-state index contributed by atoms with van der Waals surface area (Å²) in [6.07, 6.45) is 73.8. The van der Waals surface area contributed by atoms with Crippen LogP contribution >= 0.6 is 0 Å². The molecule has 2 nitrogen and oxygen atoms in total. The van der Waals surface area contributed by atoms with E-state index in [-0.39, 0.29) is 0 Å². The fraction of sp³-hybridized carbons (Fsp3) is 0.964. The second-order valence-electron chi connectivity index (χ2n) is 19.2. The number of rotatable bonds is 49. The first-order valence-electron chi connectivity index (χ1n) is 27.5. The van der Waals surface area contributed by atoms with Crippen molar-refractivity contribution in [1.82, 2.24) is 9.80 Å². The van der Waals surface area contributed by atoms with Gasteiger partial charge in [-0.3, -0.25) is 0 Å². The van der Waals surface area contributed by atoms with Gasteiger partial charge in [0.1, 0.15) is 6.17 Å².